The molecule has 0 aliphatic rings. The predicted octanol–water partition coefficient (Wildman–Crippen LogP) is 4.39. The molecule has 2 nitrogen and oxygen atoms in total. The van der Waals surface area contributed by atoms with E-state index in [-0.39, 0.29) is 6.04 Å². The summed E-state index contributed by atoms with van der Waals surface area (Å²) in [6.07, 6.45) is 2.65. The van der Waals surface area contributed by atoms with Crippen LogP contribution in [0, 0.1) is 0 Å². The quantitative estimate of drug-likeness (QED) is 0.874. The summed E-state index contributed by atoms with van der Waals surface area (Å²) in [6, 6.07) is 12.2. The van der Waals surface area contributed by atoms with Crippen LogP contribution in [0.3, 0.4) is 0 Å². The maximum atomic E-state index is 6.28. The van der Waals surface area contributed by atoms with Crippen LogP contribution in [0.4, 0.5) is 0 Å². The molecule has 1 heterocycles. The van der Waals surface area contributed by atoms with Gasteiger partial charge in [0, 0.05) is 33.8 Å². The Hall–Kier alpha value is -0.900. The molecule has 0 bridgehead atoms. The fourth-order valence-corrected chi connectivity index (χ4v) is 2.53. The molecule has 0 aliphatic heterocycles. The Labute approximate surface area is 127 Å². The number of aromatic nitrogens is 1. The van der Waals surface area contributed by atoms with Crippen LogP contribution in [-0.2, 0) is 6.42 Å². The Morgan fingerprint density at radius 3 is 2.68 bits per heavy atom. The molecule has 2 rings (SSSR count). The second kappa shape index (κ2) is 7.04. The van der Waals surface area contributed by atoms with E-state index in [2.05, 4.69) is 39.2 Å². The van der Waals surface area contributed by atoms with Crippen molar-refractivity contribution in [3.8, 4) is 0 Å². The zero-order valence-corrected chi connectivity index (χ0v) is 13.1. The number of likely N-dealkylation sites (N-methyl/N-ethyl adjacent to an activating group) is 1. The molecular formula is C15H16BrClN2. The van der Waals surface area contributed by atoms with Gasteiger partial charge in [-0.1, -0.05) is 36.7 Å². The third-order valence-corrected chi connectivity index (χ3v) is 3.75. The highest BCUT2D eigenvalue weighted by Gasteiger charge is 2.14. The lowest BCUT2D eigenvalue weighted by Gasteiger charge is -2.19. The summed E-state index contributed by atoms with van der Waals surface area (Å²) in [6.45, 7) is 2.99. The number of nitrogens with one attached hydrogen (secondary N) is 1. The second-order valence-corrected chi connectivity index (χ2v) is 5.63. The second-order valence-electron chi connectivity index (χ2n) is 4.30. The van der Waals surface area contributed by atoms with Crippen LogP contribution in [0.5, 0.6) is 0 Å². The van der Waals surface area contributed by atoms with Gasteiger partial charge in [-0.15, -0.1) is 0 Å². The van der Waals surface area contributed by atoms with Crippen LogP contribution in [0.1, 0.15) is 24.2 Å². The monoisotopic (exact) mass is 338 g/mol. The largest absolute Gasteiger partial charge is 0.310 e. The molecule has 0 fully saturated rings. The first kappa shape index (κ1) is 14.5. The Morgan fingerprint density at radius 1 is 1.26 bits per heavy atom. The minimum atomic E-state index is 0.187. The molecule has 100 valence electrons. The summed E-state index contributed by atoms with van der Waals surface area (Å²) in [4.78, 5) is 4.43. The van der Waals surface area contributed by atoms with Gasteiger partial charge < -0.3 is 5.32 Å². The number of nitrogens with zero attached hydrogens (tertiary/aromatic N) is 1. The highest BCUT2D eigenvalue weighted by molar-refractivity contribution is 9.10. The number of pyridine rings is 1. The molecule has 2 aromatic rings. The molecule has 0 radical (unpaired) electrons. The minimum absolute atomic E-state index is 0.187. The molecule has 1 aromatic heterocycles. The zero-order valence-electron chi connectivity index (χ0n) is 10.7. The van der Waals surface area contributed by atoms with Crippen molar-refractivity contribution in [3.05, 3.63) is 63.3 Å². The number of halogens is 2. The maximum absolute atomic E-state index is 6.28. The van der Waals surface area contributed by atoms with Crippen molar-refractivity contribution in [1.82, 2.24) is 10.3 Å². The summed E-state index contributed by atoms with van der Waals surface area (Å²) in [5.74, 6) is 0. The molecule has 0 saturated carbocycles. The lowest BCUT2D eigenvalue weighted by molar-refractivity contribution is 0.544. The van der Waals surface area contributed by atoms with Gasteiger partial charge in [0.2, 0.25) is 0 Å². The smallest absolute Gasteiger partial charge is 0.0453 e. The first-order valence-electron chi connectivity index (χ1n) is 6.29. The summed E-state index contributed by atoms with van der Waals surface area (Å²) in [5.41, 5.74) is 2.17. The average molecular weight is 340 g/mol. The molecule has 0 saturated heterocycles. The van der Waals surface area contributed by atoms with E-state index in [4.69, 9.17) is 11.6 Å². The van der Waals surface area contributed by atoms with Crippen LogP contribution >= 0.6 is 27.5 Å². The first-order chi connectivity index (χ1) is 9.20. The van der Waals surface area contributed by atoms with E-state index in [0.717, 1.165) is 33.7 Å². The fraction of sp³-hybridized carbons (Fsp3) is 0.267. The number of hydrogen-bond donors (Lipinski definition) is 1. The van der Waals surface area contributed by atoms with Crippen LogP contribution in [0.2, 0.25) is 5.02 Å². The van der Waals surface area contributed by atoms with Crippen LogP contribution in [0.15, 0.2) is 47.1 Å². The normalized spacial score (nSPS) is 12.4. The topological polar surface area (TPSA) is 24.9 Å². The van der Waals surface area contributed by atoms with Crippen molar-refractivity contribution in [2.24, 2.45) is 0 Å². The van der Waals surface area contributed by atoms with Gasteiger partial charge in [-0.2, -0.15) is 0 Å². The van der Waals surface area contributed by atoms with Gasteiger partial charge in [0.15, 0.2) is 0 Å². The summed E-state index contributed by atoms with van der Waals surface area (Å²) < 4.78 is 0.994. The Morgan fingerprint density at radius 2 is 2.05 bits per heavy atom. The molecular weight excluding hydrogens is 324 g/mol. The third-order valence-electron chi connectivity index (χ3n) is 2.93. The first-order valence-corrected chi connectivity index (χ1v) is 7.46. The van der Waals surface area contributed by atoms with E-state index < -0.39 is 0 Å². The predicted molar refractivity (Wildman–Crippen MR) is 83.5 cm³/mol. The van der Waals surface area contributed by atoms with Gasteiger partial charge in [-0.05, 0) is 46.2 Å². The van der Waals surface area contributed by atoms with Crippen LogP contribution < -0.4 is 5.32 Å². The fourth-order valence-electron chi connectivity index (χ4n) is 2.03. The molecule has 1 aromatic carbocycles. The van der Waals surface area contributed by atoms with Gasteiger partial charge in [0.1, 0.15) is 0 Å². The van der Waals surface area contributed by atoms with E-state index in [0.29, 0.717) is 0 Å². The number of benzene rings is 1. The van der Waals surface area contributed by atoms with E-state index >= 15 is 0 Å². The standard InChI is InChI=1S/C15H16BrClN2/c1-2-18-15(13-5-3-4-6-14(13)17)9-12-8-7-11(16)10-19-12/h3-8,10,15,18H,2,9H2,1H3. The zero-order chi connectivity index (χ0) is 13.7. The maximum Gasteiger partial charge on any atom is 0.0453 e. The van der Waals surface area contributed by atoms with Gasteiger partial charge in [0.05, 0.1) is 0 Å². The molecule has 0 amide bonds. The summed E-state index contributed by atoms with van der Waals surface area (Å²) in [5, 5.41) is 4.26. The van der Waals surface area contributed by atoms with E-state index in [1.807, 2.05) is 36.5 Å². The van der Waals surface area contributed by atoms with Crippen molar-refractivity contribution in [2.75, 3.05) is 6.54 Å². The van der Waals surface area contributed by atoms with Crippen LogP contribution in [0.25, 0.3) is 0 Å². The lowest BCUT2D eigenvalue weighted by atomic mass is 10.0. The summed E-state index contributed by atoms with van der Waals surface area (Å²) in [7, 11) is 0. The van der Waals surface area contributed by atoms with Gasteiger partial charge in [-0.3, -0.25) is 4.98 Å². The molecule has 1 atom stereocenters. The number of hydrogen-bond acceptors (Lipinski definition) is 2. The van der Waals surface area contributed by atoms with Crippen molar-refractivity contribution in [2.45, 2.75) is 19.4 Å². The highest BCUT2D eigenvalue weighted by Crippen LogP contribution is 2.25. The lowest BCUT2D eigenvalue weighted by Crippen LogP contribution is -2.23. The molecule has 19 heavy (non-hydrogen) atoms. The van der Waals surface area contributed by atoms with Crippen molar-refractivity contribution in [3.63, 3.8) is 0 Å². The SMILES string of the molecule is CCNC(Cc1ccc(Br)cn1)c1ccccc1Cl. The number of rotatable bonds is 5. The Balaban J connectivity index is 2.21. The van der Waals surface area contributed by atoms with Gasteiger partial charge in [0.25, 0.3) is 0 Å². The molecule has 4 heteroatoms. The van der Waals surface area contributed by atoms with Crippen molar-refractivity contribution >= 4 is 27.5 Å². The van der Waals surface area contributed by atoms with E-state index in [9.17, 15) is 0 Å². The van der Waals surface area contributed by atoms with Gasteiger partial charge in [-0.25, -0.2) is 0 Å². The van der Waals surface area contributed by atoms with E-state index in [1.165, 1.54) is 0 Å². The minimum Gasteiger partial charge on any atom is -0.310 e. The molecule has 1 unspecified atom stereocenters. The summed E-state index contributed by atoms with van der Waals surface area (Å²) >= 11 is 9.68. The highest BCUT2D eigenvalue weighted by atomic mass is 79.9. The third kappa shape index (κ3) is 4.03. The Bertz CT molecular complexity index is 528. The van der Waals surface area contributed by atoms with E-state index in [1.54, 1.807) is 0 Å². The average Bonchev–Trinajstić information content (AvgIpc) is 2.41. The molecule has 1 N–H and O–H groups in total. The van der Waals surface area contributed by atoms with Gasteiger partial charge >= 0.3 is 0 Å². The van der Waals surface area contributed by atoms with Crippen molar-refractivity contribution in [1.29, 1.82) is 0 Å². The molecule has 0 aliphatic carbocycles. The van der Waals surface area contributed by atoms with Crippen LogP contribution in [-0.4, -0.2) is 11.5 Å². The van der Waals surface area contributed by atoms with Crippen molar-refractivity contribution < 1.29 is 0 Å². The molecule has 0 spiro atoms. The Kier molecular flexibility index (Phi) is 5.37.